The summed E-state index contributed by atoms with van der Waals surface area (Å²) in [5, 5.41) is 2.72. The van der Waals surface area contributed by atoms with Crippen molar-refractivity contribution >= 4 is 29.2 Å². The Kier molecular flexibility index (Phi) is 7.97. The van der Waals surface area contributed by atoms with Crippen molar-refractivity contribution in [2.24, 2.45) is 0 Å². The number of ether oxygens (including phenoxy) is 1. The van der Waals surface area contributed by atoms with Crippen LogP contribution in [0.5, 0.6) is 0 Å². The molecule has 3 aromatic carbocycles. The molecule has 0 radical (unpaired) electrons. The summed E-state index contributed by atoms with van der Waals surface area (Å²) < 4.78 is 5.20. The number of anilines is 2. The van der Waals surface area contributed by atoms with Gasteiger partial charge in [-0.05, 0) is 54.3 Å². The summed E-state index contributed by atoms with van der Waals surface area (Å²) in [6, 6.07) is 23.1. The molecule has 0 aliphatic heterocycles. The number of para-hydroxylation sites is 1. The van der Waals surface area contributed by atoms with Crippen molar-refractivity contribution in [3.8, 4) is 0 Å². The van der Waals surface area contributed by atoms with E-state index >= 15 is 0 Å². The summed E-state index contributed by atoms with van der Waals surface area (Å²) in [6.45, 7) is 3.82. The predicted molar refractivity (Wildman–Crippen MR) is 130 cm³/mol. The van der Waals surface area contributed by atoms with E-state index in [-0.39, 0.29) is 17.0 Å². The van der Waals surface area contributed by atoms with Gasteiger partial charge in [0.05, 0.1) is 11.1 Å². The molecule has 0 aliphatic carbocycles. The fourth-order valence-corrected chi connectivity index (χ4v) is 3.33. The van der Waals surface area contributed by atoms with Crippen LogP contribution in [-0.4, -0.2) is 31.4 Å². The molecule has 0 bridgehead atoms. The van der Waals surface area contributed by atoms with E-state index in [4.69, 9.17) is 4.74 Å². The summed E-state index contributed by atoms with van der Waals surface area (Å²) >= 11 is 0. The van der Waals surface area contributed by atoms with Crippen LogP contribution in [0.3, 0.4) is 0 Å². The van der Waals surface area contributed by atoms with Gasteiger partial charge in [-0.25, -0.2) is 4.79 Å². The van der Waals surface area contributed by atoms with Gasteiger partial charge in [0.25, 0.3) is 11.8 Å². The molecule has 6 heteroatoms. The Labute approximate surface area is 194 Å². The van der Waals surface area contributed by atoms with Crippen LogP contribution in [-0.2, 0) is 9.53 Å². The second-order valence-corrected chi connectivity index (χ2v) is 7.80. The second kappa shape index (κ2) is 11.1. The Morgan fingerprint density at radius 2 is 1.48 bits per heavy atom. The number of hydrogen-bond acceptors (Lipinski definition) is 4. The van der Waals surface area contributed by atoms with Gasteiger partial charge in [0.1, 0.15) is 0 Å². The largest absolute Gasteiger partial charge is 0.452 e. The molecule has 0 heterocycles. The SMILES string of the molecule is CCC(C)c1ccc(NC(=O)COC(=O)c2ccccc2C(=O)N(C)c2ccccc2)cc1. The Morgan fingerprint density at radius 1 is 0.879 bits per heavy atom. The smallest absolute Gasteiger partial charge is 0.339 e. The van der Waals surface area contributed by atoms with Crippen molar-refractivity contribution in [2.75, 3.05) is 23.9 Å². The average Bonchev–Trinajstić information content (AvgIpc) is 2.86. The maximum absolute atomic E-state index is 13.0. The van der Waals surface area contributed by atoms with Gasteiger partial charge in [0, 0.05) is 18.4 Å². The van der Waals surface area contributed by atoms with Crippen molar-refractivity contribution in [3.05, 3.63) is 95.6 Å². The van der Waals surface area contributed by atoms with Gasteiger partial charge in [0.15, 0.2) is 6.61 Å². The Hall–Kier alpha value is -3.93. The third kappa shape index (κ3) is 6.07. The number of nitrogens with zero attached hydrogens (tertiary/aromatic N) is 1. The van der Waals surface area contributed by atoms with Crippen LogP contribution in [0.2, 0.25) is 0 Å². The maximum Gasteiger partial charge on any atom is 0.339 e. The zero-order valence-electron chi connectivity index (χ0n) is 19.1. The normalized spacial score (nSPS) is 11.4. The van der Waals surface area contributed by atoms with Crippen LogP contribution < -0.4 is 10.2 Å². The molecule has 3 aromatic rings. The van der Waals surface area contributed by atoms with Crippen molar-refractivity contribution in [1.29, 1.82) is 0 Å². The van der Waals surface area contributed by atoms with E-state index < -0.39 is 18.5 Å². The van der Waals surface area contributed by atoms with Gasteiger partial charge in [-0.3, -0.25) is 9.59 Å². The number of hydrogen-bond donors (Lipinski definition) is 1. The minimum Gasteiger partial charge on any atom is -0.452 e. The fourth-order valence-electron chi connectivity index (χ4n) is 3.33. The summed E-state index contributed by atoms with van der Waals surface area (Å²) in [4.78, 5) is 39.4. The van der Waals surface area contributed by atoms with Crippen LogP contribution >= 0.6 is 0 Å². The van der Waals surface area contributed by atoms with E-state index in [0.717, 1.165) is 6.42 Å². The van der Waals surface area contributed by atoms with Crippen LogP contribution in [0.25, 0.3) is 0 Å². The molecule has 1 atom stereocenters. The summed E-state index contributed by atoms with van der Waals surface area (Å²) in [5.41, 5.74) is 2.84. The third-order valence-corrected chi connectivity index (χ3v) is 5.54. The summed E-state index contributed by atoms with van der Waals surface area (Å²) in [6.07, 6.45) is 1.03. The van der Waals surface area contributed by atoms with Gasteiger partial charge in [-0.1, -0.05) is 56.3 Å². The number of rotatable bonds is 8. The zero-order valence-corrected chi connectivity index (χ0v) is 19.1. The standard InChI is InChI=1S/C27H28N2O4/c1-4-19(2)20-14-16-21(17-15-20)28-25(30)18-33-27(32)24-13-9-8-12-23(24)26(31)29(3)22-10-6-5-7-11-22/h5-17,19H,4,18H2,1-3H3,(H,28,30). The van der Waals surface area contributed by atoms with E-state index in [2.05, 4.69) is 19.2 Å². The lowest BCUT2D eigenvalue weighted by Crippen LogP contribution is -2.28. The maximum atomic E-state index is 13.0. The molecule has 0 saturated carbocycles. The molecule has 6 nitrogen and oxygen atoms in total. The third-order valence-electron chi connectivity index (χ3n) is 5.54. The molecule has 2 amide bonds. The molecular weight excluding hydrogens is 416 g/mol. The van der Waals surface area contributed by atoms with Gasteiger partial charge < -0.3 is 15.0 Å². The number of carbonyl (C=O) groups is 3. The molecule has 3 rings (SSSR count). The van der Waals surface area contributed by atoms with E-state index in [1.165, 1.54) is 16.5 Å². The lowest BCUT2D eigenvalue weighted by molar-refractivity contribution is -0.119. The van der Waals surface area contributed by atoms with E-state index in [9.17, 15) is 14.4 Å². The monoisotopic (exact) mass is 444 g/mol. The Morgan fingerprint density at radius 3 is 2.12 bits per heavy atom. The molecule has 1 N–H and O–H groups in total. The van der Waals surface area contributed by atoms with Gasteiger partial charge in [0.2, 0.25) is 0 Å². The van der Waals surface area contributed by atoms with E-state index in [1.807, 2.05) is 42.5 Å². The zero-order chi connectivity index (χ0) is 23.8. The average molecular weight is 445 g/mol. The van der Waals surface area contributed by atoms with Gasteiger partial charge in [-0.2, -0.15) is 0 Å². The number of amides is 2. The van der Waals surface area contributed by atoms with Crippen LogP contribution in [0.15, 0.2) is 78.9 Å². The molecule has 0 aromatic heterocycles. The molecule has 170 valence electrons. The molecular formula is C27H28N2O4. The summed E-state index contributed by atoms with van der Waals surface area (Å²) in [7, 11) is 1.64. The molecule has 0 saturated heterocycles. The van der Waals surface area contributed by atoms with Crippen LogP contribution in [0, 0.1) is 0 Å². The lowest BCUT2D eigenvalue weighted by atomic mass is 9.99. The Balaban J connectivity index is 1.63. The fraction of sp³-hybridized carbons (Fsp3) is 0.222. The lowest BCUT2D eigenvalue weighted by Gasteiger charge is -2.18. The molecule has 1 unspecified atom stereocenters. The topological polar surface area (TPSA) is 75.7 Å². The molecule has 33 heavy (non-hydrogen) atoms. The van der Waals surface area contributed by atoms with Crippen molar-refractivity contribution < 1.29 is 19.1 Å². The predicted octanol–water partition coefficient (Wildman–Crippen LogP) is 5.27. The molecule has 0 fully saturated rings. The van der Waals surface area contributed by atoms with Crippen molar-refractivity contribution in [2.45, 2.75) is 26.2 Å². The highest BCUT2D eigenvalue weighted by atomic mass is 16.5. The number of carbonyl (C=O) groups excluding carboxylic acids is 3. The number of nitrogens with one attached hydrogen (secondary N) is 1. The highest BCUT2D eigenvalue weighted by Crippen LogP contribution is 2.21. The van der Waals surface area contributed by atoms with Gasteiger partial charge >= 0.3 is 5.97 Å². The summed E-state index contributed by atoms with van der Waals surface area (Å²) in [5.74, 6) is -1.09. The van der Waals surface area contributed by atoms with Gasteiger partial charge in [-0.15, -0.1) is 0 Å². The van der Waals surface area contributed by atoms with Crippen molar-refractivity contribution in [1.82, 2.24) is 0 Å². The first-order valence-corrected chi connectivity index (χ1v) is 10.9. The van der Waals surface area contributed by atoms with Crippen LogP contribution in [0.4, 0.5) is 11.4 Å². The van der Waals surface area contributed by atoms with Crippen molar-refractivity contribution in [3.63, 3.8) is 0 Å². The number of esters is 1. The molecule has 0 spiro atoms. The molecule has 0 aliphatic rings. The first-order chi connectivity index (χ1) is 15.9. The first kappa shape index (κ1) is 23.7. The van der Waals surface area contributed by atoms with E-state index in [1.54, 1.807) is 37.4 Å². The number of benzene rings is 3. The highest BCUT2D eigenvalue weighted by Gasteiger charge is 2.22. The Bertz CT molecular complexity index is 1110. The van der Waals surface area contributed by atoms with E-state index in [0.29, 0.717) is 17.3 Å². The first-order valence-electron chi connectivity index (χ1n) is 10.9. The minimum atomic E-state index is -0.734. The van der Waals surface area contributed by atoms with Crippen LogP contribution in [0.1, 0.15) is 52.5 Å². The highest BCUT2D eigenvalue weighted by molar-refractivity contribution is 6.12. The quantitative estimate of drug-likeness (QED) is 0.480. The minimum absolute atomic E-state index is 0.107. The second-order valence-electron chi connectivity index (χ2n) is 7.80.